The molecule has 4 aromatic rings. The predicted octanol–water partition coefficient (Wildman–Crippen LogP) is 7.30. The van der Waals surface area contributed by atoms with E-state index in [2.05, 4.69) is 0 Å². The molecule has 5 rings (SSSR count). The topological polar surface area (TPSA) is 3.01 Å². The van der Waals surface area contributed by atoms with E-state index in [1.807, 2.05) is 0 Å². The van der Waals surface area contributed by atoms with E-state index in [1.165, 1.54) is 49.7 Å². The fourth-order valence-corrected chi connectivity index (χ4v) is 6.24. The molecule has 0 aliphatic carbocycles. The predicted molar refractivity (Wildman–Crippen MR) is 152 cm³/mol. The minimum absolute atomic E-state index is 0.00105. The fraction of sp³-hybridized carbons (Fsp3) is 0.121. The summed E-state index contributed by atoms with van der Waals surface area (Å²) in [6, 6.07) is 5.24. The van der Waals surface area contributed by atoms with Crippen LogP contribution in [0.3, 0.4) is 0 Å². The first-order chi connectivity index (χ1) is 23.3. The Morgan fingerprint density at radius 1 is 0.520 bits per heavy atom. The minimum atomic E-state index is -5.89. The number of halogens is 15. The van der Waals surface area contributed by atoms with Crippen LogP contribution in [0.4, 0.5) is 65.9 Å². The highest BCUT2D eigenvalue weighted by Gasteiger charge is 2.48. The van der Waals surface area contributed by atoms with Crippen molar-refractivity contribution < 1.29 is 70.4 Å². The summed E-state index contributed by atoms with van der Waals surface area (Å²) < 4.78 is 230. The van der Waals surface area contributed by atoms with E-state index in [-0.39, 0.29) is 17.1 Å². The van der Waals surface area contributed by atoms with Crippen molar-refractivity contribution in [2.24, 2.45) is 0 Å². The van der Waals surface area contributed by atoms with Crippen molar-refractivity contribution in [3.05, 3.63) is 141 Å². The van der Waals surface area contributed by atoms with Crippen molar-refractivity contribution in [1.29, 1.82) is 0 Å². The lowest BCUT2D eigenvalue weighted by molar-refractivity contribution is -0.519. The van der Waals surface area contributed by atoms with Gasteiger partial charge in [-0.3, -0.25) is 0 Å². The summed E-state index contributed by atoms with van der Waals surface area (Å²) >= 11 is 0. The lowest BCUT2D eigenvalue weighted by Crippen LogP contribution is -2.72. The molecule has 0 radical (unpaired) electrons. The van der Waals surface area contributed by atoms with Crippen molar-refractivity contribution in [1.82, 2.24) is 0 Å². The van der Waals surface area contributed by atoms with Crippen LogP contribution in [-0.4, -0.2) is 29.5 Å². The quantitative estimate of drug-likeness (QED) is 0.0647. The van der Waals surface area contributed by atoms with E-state index >= 15 is 26.3 Å². The second kappa shape index (κ2) is 12.7. The molecule has 1 aliphatic heterocycles. The van der Waals surface area contributed by atoms with Gasteiger partial charge in [0.25, 0.3) is 0 Å². The number of rotatable bonds is 6. The van der Waals surface area contributed by atoms with Gasteiger partial charge in [-0.25, -0.2) is 76.4 Å². The number of allylic oxidation sites excluding steroid dienone is 1. The highest BCUT2D eigenvalue weighted by atomic mass is 19.2. The third kappa shape index (κ3) is 5.11. The number of hydrogen-bond acceptors (Lipinski definition) is 0. The monoisotopic (exact) mass is 723 g/mol. The van der Waals surface area contributed by atoms with Crippen LogP contribution in [0.2, 0.25) is 0 Å². The van der Waals surface area contributed by atoms with Gasteiger partial charge in [-0.2, -0.15) is 0 Å². The first kappa shape index (κ1) is 36.3. The van der Waals surface area contributed by atoms with Crippen LogP contribution in [0, 0.1) is 87.3 Å². The molecule has 262 valence electrons. The summed E-state index contributed by atoms with van der Waals surface area (Å²) in [4.78, 5) is 0. The van der Waals surface area contributed by atoms with Crippen molar-refractivity contribution in [2.75, 3.05) is 7.05 Å². The second-order valence-corrected chi connectivity index (χ2v) is 11.4. The zero-order valence-corrected chi connectivity index (χ0v) is 25.3. The summed E-state index contributed by atoms with van der Waals surface area (Å²) in [7, 11) is 1.46. The molecule has 1 aliphatic rings. The second-order valence-electron chi connectivity index (χ2n) is 11.4. The molecular weight excluding hydrogens is 706 g/mol. The molecule has 1 nitrogen and oxygen atoms in total. The molecule has 0 spiro atoms. The van der Waals surface area contributed by atoms with Gasteiger partial charge in [0.15, 0.2) is 64.1 Å². The number of likely N-dealkylation sites (N-methyl/N-ethyl adjacent to an activating group) is 1. The van der Waals surface area contributed by atoms with Crippen LogP contribution in [-0.2, 0) is 0 Å². The van der Waals surface area contributed by atoms with Gasteiger partial charge in [-0.15, -0.1) is 16.4 Å². The molecule has 0 saturated carbocycles. The van der Waals surface area contributed by atoms with Crippen molar-refractivity contribution >= 4 is 33.8 Å². The standard InChI is InChI=1S/C33H17BF15N/c1-11-9-14(12(2)50(11)3)15(13-7-5-4-6-8-13)10-34(16-19(35)25(41)31(47)26(42)20(16)36,17-21(37)27(43)32(48)28(44)22(17)38)18-23(39)29(45)33(49)30(46)24(18)40/h4-10,12H,1-3H3/b15-10+. The molecule has 0 amide bonds. The highest BCUT2D eigenvalue weighted by molar-refractivity contribution is 7.15. The lowest BCUT2D eigenvalue weighted by atomic mass is 9.14. The zero-order chi connectivity index (χ0) is 37.3. The third-order valence-electron chi connectivity index (χ3n) is 8.86. The number of nitrogens with zero attached hydrogens (tertiary/aromatic N) is 1. The van der Waals surface area contributed by atoms with E-state index in [0.29, 0.717) is 5.71 Å². The average molecular weight is 723 g/mol. The summed E-state index contributed by atoms with van der Waals surface area (Å²) in [5.74, 6) is -45.7. The van der Waals surface area contributed by atoms with E-state index in [0.717, 1.165) is 12.1 Å². The van der Waals surface area contributed by atoms with Gasteiger partial charge < -0.3 is 0 Å². The minimum Gasteiger partial charge on any atom is -0.230 e. The van der Waals surface area contributed by atoms with Crippen LogP contribution in [0.15, 0.2) is 48.0 Å². The normalized spacial score (nSPS) is 15.4. The molecule has 0 aromatic heterocycles. The van der Waals surface area contributed by atoms with Gasteiger partial charge in [-0.05, 0) is 11.1 Å². The Morgan fingerprint density at radius 2 is 0.820 bits per heavy atom. The Morgan fingerprint density at radius 3 is 1.10 bits per heavy atom. The summed E-state index contributed by atoms with van der Waals surface area (Å²) in [5, 5.41) is 0. The molecule has 0 bridgehead atoms. The maximum absolute atomic E-state index is 16.0. The maximum Gasteiger partial charge on any atom is 0.200 e. The van der Waals surface area contributed by atoms with Crippen LogP contribution in [0.5, 0.6) is 0 Å². The van der Waals surface area contributed by atoms with Gasteiger partial charge in [0.05, 0.1) is 0 Å². The Labute approximate surface area is 272 Å². The van der Waals surface area contributed by atoms with Crippen molar-refractivity contribution in [3.8, 4) is 0 Å². The SMILES string of the molecule is CC1=[N+](C)C(C)C(/C(=C/[B-](c2c(F)c(F)c(F)c(F)c2F)(c2c(F)c(F)c(F)c(F)c2F)c2c(F)c(F)c(F)c(F)c2F)c2ccccc2)=C1. The Kier molecular flexibility index (Phi) is 9.25. The summed E-state index contributed by atoms with van der Waals surface area (Å²) in [5.41, 5.74) is -8.75. The molecule has 0 N–H and O–H groups in total. The fourth-order valence-electron chi connectivity index (χ4n) is 6.24. The van der Waals surface area contributed by atoms with Crippen molar-refractivity contribution in [2.45, 2.75) is 19.9 Å². The molecular formula is C33H17BF15N. The number of hydrogen-bond donors (Lipinski definition) is 0. The summed E-state index contributed by atoms with van der Waals surface area (Å²) in [6.07, 6.45) is -4.63. The Balaban J connectivity index is 2.26. The van der Waals surface area contributed by atoms with Crippen LogP contribution in [0.1, 0.15) is 19.4 Å². The molecule has 1 heterocycles. The first-order valence-corrected chi connectivity index (χ1v) is 14.1. The van der Waals surface area contributed by atoms with Gasteiger partial charge in [0.2, 0.25) is 0 Å². The average Bonchev–Trinajstić information content (AvgIpc) is 3.35. The van der Waals surface area contributed by atoms with Crippen molar-refractivity contribution in [3.63, 3.8) is 0 Å². The number of benzene rings is 4. The van der Waals surface area contributed by atoms with Gasteiger partial charge >= 0.3 is 0 Å². The molecule has 17 heteroatoms. The first-order valence-electron chi connectivity index (χ1n) is 14.1. The highest BCUT2D eigenvalue weighted by Crippen LogP contribution is 2.35. The Hall–Kier alpha value is -4.96. The molecule has 1 unspecified atom stereocenters. The van der Waals surface area contributed by atoms with E-state index in [9.17, 15) is 39.5 Å². The molecule has 1 atom stereocenters. The van der Waals surface area contributed by atoms with Gasteiger partial charge in [0.1, 0.15) is 48.1 Å². The Bertz CT molecular complexity index is 1950. The molecule has 50 heavy (non-hydrogen) atoms. The van der Waals surface area contributed by atoms with E-state index in [1.54, 1.807) is 0 Å². The third-order valence-corrected chi connectivity index (χ3v) is 8.86. The van der Waals surface area contributed by atoms with Gasteiger partial charge in [-0.1, -0.05) is 30.3 Å². The van der Waals surface area contributed by atoms with E-state index < -0.39 is 121 Å². The molecule has 0 fully saturated rings. The van der Waals surface area contributed by atoms with E-state index in [4.69, 9.17) is 0 Å². The largest absolute Gasteiger partial charge is 0.230 e. The smallest absolute Gasteiger partial charge is 0.200 e. The summed E-state index contributed by atoms with van der Waals surface area (Å²) in [6.45, 7) is 2.89. The zero-order valence-electron chi connectivity index (χ0n) is 25.3. The molecule has 4 aromatic carbocycles. The van der Waals surface area contributed by atoms with Crippen LogP contribution < -0.4 is 16.4 Å². The maximum atomic E-state index is 16.0. The van der Waals surface area contributed by atoms with Crippen LogP contribution >= 0.6 is 0 Å². The van der Waals surface area contributed by atoms with Gasteiger partial charge in [0, 0.05) is 25.5 Å². The molecule has 0 saturated heterocycles. The van der Waals surface area contributed by atoms with Crippen LogP contribution in [0.25, 0.3) is 5.57 Å². The lowest BCUT2D eigenvalue weighted by Gasteiger charge is -2.42.